The van der Waals surface area contributed by atoms with Crippen molar-refractivity contribution >= 4 is 11.7 Å². The number of para-hydroxylation sites is 2. The molecule has 1 aliphatic carbocycles. The zero-order chi connectivity index (χ0) is 18.7. The van der Waals surface area contributed by atoms with Gasteiger partial charge in [0.25, 0.3) is 0 Å². The van der Waals surface area contributed by atoms with E-state index < -0.39 is 5.54 Å². The van der Waals surface area contributed by atoms with Gasteiger partial charge in [0.05, 0.1) is 16.9 Å². The summed E-state index contributed by atoms with van der Waals surface area (Å²) < 4.78 is 15.0. The minimum Gasteiger partial charge on any atom is -0.328 e. The van der Waals surface area contributed by atoms with Crippen LogP contribution in [0, 0.1) is 5.82 Å². The average Bonchev–Trinajstić information content (AvgIpc) is 3.35. The molecule has 138 valence electrons. The van der Waals surface area contributed by atoms with E-state index in [-0.39, 0.29) is 11.8 Å². The highest BCUT2D eigenvalue weighted by Gasteiger charge is 2.37. The number of carbonyl (C=O) groups is 1. The Bertz CT molecular complexity index is 916. The van der Waals surface area contributed by atoms with Gasteiger partial charge in [0, 0.05) is 12.4 Å². The molecule has 2 N–H and O–H groups in total. The third-order valence-corrected chi connectivity index (χ3v) is 5.11. The first-order valence-corrected chi connectivity index (χ1v) is 9.11. The summed E-state index contributed by atoms with van der Waals surface area (Å²) >= 11 is 0. The van der Waals surface area contributed by atoms with Crippen LogP contribution >= 0.6 is 0 Å². The molecule has 6 heteroatoms. The Morgan fingerprint density at radius 1 is 1.04 bits per heavy atom. The van der Waals surface area contributed by atoms with E-state index in [1.807, 2.05) is 36.5 Å². The molecule has 3 aromatic rings. The number of aromatic nitrogens is 2. The fraction of sp³-hybridized carbons (Fsp3) is 0.238. The minimum atomic E-state index is -0.460. The first kappa shape index (κ1) is 17.3. The zero-order valence-corrected chi connectivity index (χ0v) is 14.9. The van der Waals surface area contributed by atoms with E-state index in [4.69, 9.17) is 0 Å². The summed E-state index contributed by atoms with van der Waals surface area (Å²) in [7, 11) is 0. The topological polar surface area (TPSA) is 59.0 Å². The van der Waals surface area contributed by atoms with E-state index in [1.165, 1.54) is 12.1 Å². The third kappa shape index (κ3) is 3.56. The molecule has 1 heterocycles. The van der Waals surface area contributed by atoms with Crippen molar-refractivity contribution in [3.05, 3.63) is 78.4 Å². The molecule has 0 spiro atoms. The third-order valence-electron chi connectivity index (χ3n) is 5.11. The van der Waals surface area contributed by atoms with E-state index in [2.05, 4.69) is 15.7 Å². The van der Waals surface area contributed by atoms with Crippen LogP contribution in [-0.4, -0.2) is 15.8 Å². The van der Waals surface area contributed by atoms with Gasteiger partial charge in [-0.3, -0.25) is 0 Å². The molecule has 5 nitrogen and oxygen atoms in total. The first-order chi connectivity index (χ1) is 13.2. The maximum absolute atomic E-state index is 13.3. The Kier molecular flexibility index (Phi) is 4.62. The van der Waals surface area contributed by atoms with Crippen molar-refractivity contribution < 1.29 is 9.18 Å². The molecular formula is C21H21FN4O. The van der Waals surface area contributed by atoms with E-state index in [1.54, 1.807) is 23.0 Å². The van der Waals surface area contributed by atoms with Crippen LogP contribution in [0.25, 0.3) is 5.69 Å². The smallest absolute Gasteiger partial charge is 0.319 e. The van der Waals surface area contributed by atoms with Crippen molar-refractivity contribution in [1.29, 1.82) is 0 Å². The second-order valence-corrected chi connectivity index (χ2v) is 6.84. The number of urea groups is 1. The van der Waals surface area contributed by atoms with Gasteiger partial charge >= 0.3 is 6.03 Å². The molecule has 0 radical (unpaired) electrons. The van der Waals surface area contributed by atoms with E-state index in [0.717, 1.165) is 36.9 Å². The lowest BCUT2D eigenvalue weighted by Gasteiger charge is -2.31. The predicted molar refractivity (Wildman–Crippen MR) is 102 cm³/mol. The minimum absolute atomic E-state index is 0.274. The van der Waals surface area contributed by atoms with Crippen molar-refractivity contribution in [1.82, 2.24) is 15.1 Å². The van der Waals surface area contributed by atoms with E-state index in [9.17, 15) is 9.18 Å². The van der Waals surface area contributed by atoms with Gasteiger partial charge in [-0.25, -0.2) is 13.9 Å². The molecule has 0 saturated heterocycles. The van der Waals surface area contributed by atoms with E-state index >= 15 is 0 Å². The van der Waals surface area contributed by atoms with Crippen LogP contribution in [0.15, 0.2) is 67.0 Å². The number of halogens is 1. The molecule has 2 aromatic carbocycles. The predicted octanol–water partition coefficient (Wildman–Crippen LogP) is 4.60. The number of hydrogen-bond donors (Lipinski definition) is 2. The van der Waals surface area contributed by atoms with Gasteiger partial charge in [0.15, 0.2) is 0 Å². The average molecular weight is 364 g/mol. The van der Waals surface area contributed by atoms with Crippen LogP contribution in [0.1, 0.15) is 31.2 Å². The highest BCUT2D eigenvalue weighted by molar-refractivity contribution is 5.92. The number of anilines is 1. The first-order valence-electron chi connectivity index (χ1n) is 9.11. The molecule has 2 amide bonds. The molecule has 0 unspecified atom stereocenters. The van der Waals surface area contributed by atoms with Gasteiger partial charge in [0.1, 0.15) is 5.82 Å². The second kappa shape index (κ2) is 7.23. The van der Waals surface area contributed by atoms with Gasteiger partial charge in [-0.05, 0) is 48.7 Å². The van der Waals surface area contributed by atoms with Crippen LogP contribution in [0.2, 0.25) is 0 Å². The number of amides is 2. The summed E-state index contributed by atoms with van der Waals surface area (Å²) in [6.07, 6.45) is 7.26. The molecule has 1 fully saturated rings. The summed E-state index contributed by atoms with van der Waals surface area (Å²) in [6.45, 7) is 0. The number of nitrogens with one attached hydrogen (secondary N) is 2. The monoisotopic (exact) mass is 364 g/mol. The van der Waals surface area contributed by atoms with Gasteiger partial charge in [-0.2, -0.15) is 5.10 Å². The summed E-state index contributed by atoms with van der Waals surface area (Å²) in [5.41, 5.74) is 1.95. The lowest BCUT2D eigenvalue weighted by atomic mass is 9.88. The van der Waals surface area contributed by atoms with Crippen LogP contribution in [0.3, 0.4) is 0 Å². The molecule has 0 atom stereocenters. The lowest BCUT2D eigenvalue weighted by molar-refractivity contribution is 0.236. The van der Waals surface area contributed by atoms with Crippen LogP contribution < -0.4 is 10.6 Å². The number of hydrogen-bond acceptors (Lipinski definition) is 2. The quantitative estimate of drug-likeness (QED) is 0.711. The van der Waals surface area contributed by atoms with Crippen molar-refractivity contribution in [2.45, 2.75) is 31.2 Å². The Labute approximate surface area is 157 Å². The molecule has 27 heavy (non-hydrogen) atoms. The normalized spacial score (nSPS) is 15.4. The SMILES string of the molecule is O=C(Nc1ccccc1-n1cccn1)NC1(c2ccc(F)cc2)CCCC1. The highest BCUT2D eigenvalue weighted by Crippen LogP contribution is 2.39. The van der Waals surface area contributed by atoms with Crippen LogP contribution in [-0.2, 0) is 5.54 Å². The Hall–Kier alpha value is -3.15. The fourth-order valence-electron chi connectivity index (χ4n) is 3.79. The number of carbonyl (C=O) groups excluding carboxylic acids is 1. The molecule has 4 rings (SSSR count). The maximum Gasteiger partial charge on any atom is 0.319 e. The zero-order valence-electron chi connectivity index (χ0n) is 14.9. The maximum atomic E-state index is 13.3. The van der Waals surface area contributed by atoms with Crippen LogP contribution in [0.5, 0.6) is 0 Å². The summed E-state index contributed by atoms with van der Waals surface area (Å²) in [5.74, 6) is -0.274. The molecule has 1 aliphatic rings. The molecule has 1 aromatic heterocycles. The van der Waals surface area contributed by atoms with Crippen molar-refractivity contribution in [2.75, 3.05) is 5.32 Å². The highest BCUT2D eigenvalue weighted by atomic mass is 19.1. The molecule has 1 saturated carbocycles. The summed E-state index contributed by atoms with van der Waals surface area (Å²) in [6, 6.07) is 15.5. The Morgan fingerprint density at radius 3 is 2.48 bits per heavy atom. The largest absolute Gasteiger partial charge is 0.328 e. The molecule has 0 bridgehead atoms. The number of rotatable bonds is 4. The summed E-state index contributed by atoms with van der Waals surface area (Å²) in [4.78, 5) is 12.8. The molecular weight excluding hydrogens is 343 g/mol. The number of benzene rings is 2. The second-order valence-electron chi connectivity index (χ2n) is 6.84. The lowest BCUT2D eigenvalue weighted by Crippen LogP contribution is -2.46. The van der Waals surface area contributed by atoms with E-state index in [0.29, 0.717) is 5.69 Å². The van der Waals surface area contributed by atoms with Gasteiger partial charge in [-0.1, -0.05) is 37.1 Å². The van der Waals surface area contributed by atoms with Gasteiger partial charge < -0.3 is 10.6 Å². The summed E-state index contributed by atoms with van der Waals surface area (Å²) in [5, 5.41) is 10.3. The van der Waals surface area contributed by atoms with Crippen molar-refractivity contribution in [3.8, 4) is 5.69 Å². The standard InChI is InChI=1S/C21H21FN4O/c22-17-10-8-16(9-11-17)21(12-3-4-13-21)25-20(27)24-18-6-1-2-7-19(18)26-15-5-14-23-26/h1-2,5-11,14-15H,3-4,12-13H2,(H2,24,25,27). The van der Waals surface area contributed by atoms with Gasteiger partial charge in [-0.15, -0.1) is 0 Å². The molecule has 0 aliphatic heterocycles. The van der Waals surface area contributed by atoms with Crippen molar-refractivity contribution in [2.24, 2.45) is 0 Å². The Balaban J connectivity index is 1.56. The van der Waals surface area contributed by atoms with Crippen molar-refractivity contribution in [3.63, 3.8) is 0 Å². The van der Waals surface area contributed by atoms with Gasteiger partial charge in [0.2, 0.25) is 0 Å². The van der Waals surface area contributed by atoms with Crippen LogP contribution in [0.4, 0.5) is 14.9 Å². The number of nitrogens with zero attached hydrogens (tertiary/aromatic N) is 2. The Morgan fingerprint density at radius 2 is 1.78 bits per heavy atom. The fourth-order valence-corrected chi connectivity index (χ4v) is 3.79.